The molecule has 0 aromatic carbocycles. The van der Waals surface area contributed by atoms with E-state index in [2.05, 4.69) is 19.8 Å². The fraction of sp³-hybridized carbons (Fsp3) is 0.679. The van der Waals surface area contributed by atoms with Crippen molar-refractivity contribution in [3.63, 3.8) is 0 Å². The highest BCUT2D eigenvalue weighted by molar-refractivity contribution is 5.95. The third-order valence-electron chi connectivity index (χ3n) is 9.08. The van der Waals surface area contributed by atoms with Gasteiger partial charge in [0, 0.05) is 37.5 Å². The first kappa shape index (κ1) is 29.6. The highest BCUT2D eigenvalue weighted by Crippen LogP contribution is 2.44. The average molecular weight is 630 g/mol. The highest BCUT2D eigenvalue weighted by atomic mass is 19.4. The van der Waals surface area contributed by atoms with Crippen LogP contribution in [0.25, 0.3) is 16.9 Å². The average Bonchev–Trinajstić information content (AvgIpc) is 3.66. The van der Waals surface area contributed by atoms with Crippen LogP contribution in [0, 0.1) is 0 Å². The topological polar surface area (TPSA) is 82.7 Å². The van der Waals surface area contributed by atoms with Crippen molar-refractivity contribution in [1.82, 2.24) is 24.5 Å². The summed E-state index contributed by atoms with van der Waals surface area (Å²) >= 11 is 0. The fourth-order valence-electron chi connectivity index (χ4n) is 7.12. The fourth-order valence-corrected chi connectivity index (χ4v) is 7.12. The van der Waals surface area contributed by atoms with Crippen LogP contribution in [0.1, 0.15) is 63.8 Å². The zero-order valence-electron chi connectivity index (χ0n) is 24.0. The Labute approximate surface area is 248 Å². The molecule has 2 bridgehead atoms. The Bertz CT molecular complexity index is 1490. The molecule has 5 atom stereocenters. The quantitative estimate of drug-likeness (QED) is 0.338. The second kappa shape index (κ2) is 11.1. The number of rotatable bonds is 5. The number of nitrogens with zero attached hydrogens (tertiary/aromatic N) is 7. The molecule has 0 saturated carbocycles. The van der Waals surface area contributed by atoms with Gasteiger partial charge in [0.1, 0.15) is 12.0 Å². The van der Waals surface area contributed by atoms with Crippen molar-refractivity contribution in [1.29, 1.82) is 0 Å². The van der Waals surface area contributed by atoms with Gasteiger partial charge in [-0.3, -0.25) is 4.74 Å². The van der Waals surface area contributed by atoms with E-state index in [1.165, 1.54) is 0 Å². The molecule has 240 valence electrons. The minimum absolute atomic E-state index is 0.00686. The number of halogens is 6. The van der Waals surface area contributed by atoms with Crippen LogP contribution in [0.4, 0.5) is 37.8 Å². The Hall–Kier alpha value is -3.11. The van der Waals surface area contributed by atoms with Gasteiger partial charge in [-0.15, -0.1) is 13.2 Å². The van der Waals surface area contributed by atoms with Crippen molar-refractivity contribution in [2.75, 3.05) is 36.2 Å². The number of hydrogen-bond acceptors (Lipinski definition) is 8. The van der Waals surface area contributed by atoms with E-state index in [1.807, 2.05) is 0 Å². The number of piperidine rings is 1. The molecule has 4 unspecified atom stereocenters. The Morgan fingerprint density at radius 1 is 0.955 bits per heavy atom. The first-order valence-electron chi connectivity index (χ1n) is 15.0. The van der Waals surface area contributed by atoms with Crippen LogP contribution < -0.4 is 9.80 Å². The molecule has 3 aromatic rings. The van der Waals surface area contributed by atoms with Crippen molar-refractivity contribution in [3.05, 3.63) is 24.0 Å². The second-order valence-corrected chi connectivity index (χ2v) is 12.0. The summed E-state index contributed by atoms with van der Waals surface area (Å²) in [4.78, 5) is 8.64. The largest absolute Gasteiger partial charge is 0.522 e. The van der Waals surface area contributed by atoms with Crippen LogP contribution in [0.3, 0.4) is 0 Å². The number of hydrogen-bond donors (Lipinski definition) is 0. The van der Waals surface area contributed by atoms with Crippen LogP contribution in [-0.2, 0) is 20.4 Å². The normalized spacial score (nSPS) is 28.3. The van der Waals surface area contributed by atoms with Crippen LogP contribution in [0.15, 0.2) is 18.3 Å². The van der Waals surface area contributed by atoms with E-state index in [0.29, 0.717) is 25.6 Å². The third kappa shape index (κ3) is 5.49. The maximum atomic E-state index is 14.7. The summed E-state index contributed by atoms with van der Waals surface area (Å²) in [5.74, 6) is 0.639. The molecule has 7 rings (SSSR count). The summed E-state index contributed by atoms with van der Waals surface area (Å²) in [6.45, 7) is 3.27. The van der Waals surface area contributed by atoms with E-state index >= 15 is 0 Å². The SMILES string of the molecule is C[C@@H]1CC(OC(F)(F)F)CCN1c1cc(N2C3CCC2COC3)nc2c1c(C(F)(F)F)nn2-c1ccn(C2CCCCO2)n1. The summed E-state index contributed by atoms with van der Waals surface area (Å²) < 4.78 is 102. The molecule has 0 N–H and O–H groups in total. The molecule has 10 nitrogen and oxygen atoms in total. The van der Waals surface area contributed by atoms with Crippen LogP contribution in [-0.4, -0.2) is 81.5 Å². The summed E-state index contributed by atoms with van der Waals surface area (Å²) in [5.41, 5.74) is -0.926. The molecule has 7 heterocycles. The third-order valence-corrected chi connectivity index (χ3v) is 9.08. The molecule has 3 aromatic heterocycles. The van der Waals surface area contributed by atoms with Gasteiger partial charge in [0.15, 0.2) is 17.2 Å². The zero-order valence-corrected chi connectivity index (χ0v) is 24.0. The Kier molecular flexibility index (Phi) is 7.43. The highest BCUT2D eigenvalue weighted by Gasteiger charge is 2.44. The summed E-state index contributed by atoms with van der Waals surface area (Å²) in [6, 6.07) is 2.69. The van der Waals surface area contributed by atoms with Gasteiger partial charge in [-0.2, -0.15) is 28.1 Å². The van der Waals surface area contributed by atoms with Gasteiger partial charge in [-0.1, -0.05) is 0 Å². The molecular formula is C28H33F6N7O3. The van der Waals surface area contributed by atoms with E-state index in [9.17, 15) is 26.3 Å². The van der Waals surface area contributed by atoms with Gasteiger partial charge in [-0.25, -0.2) is 9.67 Å². The molecule has 0 amide bonds. The van der Waals surface area contributed by atoms with Crippen LogP contribution >= 0.6 is 0 Å². The number of fused-ring (bicyclic) bond motifs is 3. The van der Waals surface area contributed by atoms with Gasteiger partial charge in [0.2, 0.25) is 0 Å². The van der Waals surface area contributed by atoms with E-state index < -0.39 is 30.4 Å². The molecule has 0 radical (unpaired) electrons. The first-order valence-corrected chi connectivity index (χ1v) is 15.0. The minimum Gasteiger partial charge on any atom is -0.377 e. The van der Waals surface area contributed by atoms with Gasteiger partial charge in [0.05, 0.1) is 42.5 Å². The lowest BCUT2D eigenvalue weighted by Crippen LogP contribution is -2.47. The number of pyridine rings is 1. The smallest absolute Gasteiger partial charge is 0.377 e. The molecule has 0 aliphatic carbocycles. The van der Waals surface area contributed by atoms with Gasteiger partial charge in [0.25, 0.3) is 0 Å². The summed E-state index contributed by atoms with van der Waals surface area (Å²) in [5, 5.41) is 8.38. The van der Waals surface area contributed by atoms with E-state index in [0.717, 1.165) is 36.8 Å². The molecule has 16 heteroatoms. The van der Waals surface area contributed by atoms with Crippen LogP contribution in [0.2, 0.25) is 0 Å². The predicted molar refractivity (Wildman–Crippen MR) is 146 cm³/mol. The number of alkyl halides is 6. The molecule has 4 saturated heterocycles. The lowest BCUT2D eigenvalue weighted by Gasteiger charge is -2.40. The lowest BCUT2D eigenvalue weighted by molar-refractivity contribution is -0.344. The molecule has 4 aliphatic rings. The van der Waals surface area contributed by atoms with Crippen molar-refractivity contribution in [2.24, 2.45) is 0 Å². The Morgan fingerprint density at radius 3 is 2.39 bits per heavy atom. The molecule has 0 spiro atoms. The van der Waals surface area contributed by atoms with Crippen molar-refractivity contribution < 1.29 is 40.6 Å². The number of aromatic nitrogens is 5. The van der Waals surface area contributed by atoms with E-state index in [1.54, 1.807) is 34.8 Å². The predicted octanol–water partition coefficient (Wildman–Crippen LogP) is 5.60. The Morgan fingerprint density at radius 2 is 1.73 bits per heavy atom. The molecule has 44 heavy (non-hydrogen) atoms. The zero-order chi connectivity index (χ0) is 30.8. The van der Waals surface area contributed by atoms with E-state index in [4.69, 9.17) is 14.5 Å². The van der Waals surface area contributed by atoms with Gasteiger partial charge >= 0.3 is 12.5 Å². The number of anilines is 2. The van der Waals surface area contributed by atoms with Crippen molar-refractivity contribution in [3.8, 4) is 5.82 Å². The first-order chi connectivity index (χ1) is 21.0. The van der Waals surface area contributed by atoms with Gasteiger partial charge < -0.3 is 19.3 Å². The lowest BCUT2D eigenvalue weighted by atomic mass is 9.99. The number of ether oxygens (including phenoxy) is 3. The maximum absolute atomic E-state index is 14.7. The van der Waals surface area contributed by atoms with Crippen molar-refractivity contribution >= 4 is 22.5 Å². The maximum Gasteiger partial charge on any atom is 0.522 e. The number of morpholine rings is 1. The van der Waals surface area contributed by atoms with Crippen LogP contribution in [0.5, 0.6) is 0 Å². The molecule has 4 fully saturated rings. The van der Waals surface area contributed by atoms with Crippen molar-refractivity contribution in [2.45, 2.75) is 94.9 Å². The molecule has 4 aliphatic heterocycles. The second-order valence-electron chi connectivity index (χ2n) is 12.0. The van der Waals surface area contributed by atoms with Gasteiger partial charge in [-0.05, 0) is 51.9 Å². The summed E-state index contributed by atoms with van der Waals surface area (Å²) in [6.07, 6.45) is -5.10. The standard InChI is InChI=1S/C28H33F6N7O3/c1-16-12-19(44-28(32,33)34)7-9-38(16)20-13-22(40-17-5-6-18(40)15-42-14-17)35-26-24(20)25(27(29,30)31)37-41(26)21-8-10-39(36-21)23-4-2-3-11-43-23/h8,10,13,16-19,23H,2-7,9,11-12,14-15H2,1H3/t16-,17?,18?,19?,23?/m1/s1. The molecular weight excluding hydrogens is 596 g/mol. The Balaban J connectivity index is 1.37. The monoisotopic (exact) mass is 629 g/mol. The minimum atomic E-state index is -4.84. The van der Waals surface area contributed by atoms with E-state index in [-0.39, 0.29) is 60.2 Å². The summed E-state index contributed by atoms with van der Waals surface area (Å²) in [7, 11) is 0.